The quantitative estimate of drug-likeness (QED) is 0.462. The Morgan fingerprint density at radius 3 is 2.32 bits per heavy atom. The van der Waals surface area contributed by atoms with E-state index < -0.39 is 70.5 Å². The summed E-state index contributed by atoms with van der Waals surface area (Å²) in [5.74, 6) is -2.38. The monoisotopic (exact) mass is 436 g/mol. The van der Waals surface area contributed by atoms with Gasteiger partial charge in [0.05, 0.1) is 16.7 Å². The maximum atomic E-state index is 13.7. The van der Waals surface area contributed by atoms with E-state index in [0.29, 0.717) is 6.42 Å². The second kappa shape index (κ2) is 5.26. The molecule has 31 heavy (non-hydrogen) atoms. The molecule has 0 aromatic rings. The number of hydrogen-bond donors (Lipinski definition) is 0. The third-order valence-corrected chi connectivity index (χ3v) is 9.47. The van der Waals surface area contributed by atoms with Crippen LogP contribution in [0.4, 0.5) is 0 Å². The van der Waals surface area contributed by atoms with Gasteiger partial charge in [-0.05, 0) is 24.7 Å². The van der Waals surface area contributed by atoms with Crippen LogP contribution in [0, 0.1) is 28.1 Å². The van der Waals surface area contributed by atoms with E-state index in [0.717, 1.165) is 0 Å². The van der Waals surface area contributed by atoms with E-state index in [1.807, 2.05) is 0 Å². The highest BCUT2D eigenvalue weighted by Crippen LogP contribution is 2.85. The van der Waals surface area contributed by atoms with Gasteiger partial charge in [0.1, 0.15) is 12.2 Å². The first-order valence-electron chi connectivity index (χ1n) is 10.9. The minimum absolute atomic E-state index is 0.111. The summed E-state index contributed by atoms with van der Waals surface area (Å²) in [6, 6.07) is 0. The van der Waals surface area contributed by atoms with Crippen LogP contribution in [0.1, 0.15) is 40.5 Å². The minimum atomic E-state index is -1.63. The van der Waals surface area contributed by atoms with Gasteiger partial charge in [-0.25, -0.2) is 9.59 Å². The third kappa shape index (κ3) is 1.55. The summed E-state index contributed by atoms with van der Waals surface area (Å²) in [6.07, 6.45) is -2.32. The Morgan fingerprint density at radius 2 is 1.71 bits per heavy atom. The molecule has 9 heteroatoms. The van der Waals surface area contributed by atoms with Gasteiger partial charge in [-0.2, -0.15) is 0 Å². The van der Waals surface area contributed by atoms with Gasteiger partial charge in [0.2, 0.25) is 11.9 Å². The second-order valence-corrected chi connectivity index (χ2v) is 11.0. The molecule has 10 atom stereocenters. The van der Waals surface area contributed by atoms with Crippen molar-refractivity contribution < 1.29 is 42.8 Å². The van der Waals surface area contributed by atoms with E-state index in [9.17, 15) is 14.4 Å². The van der Waals surface area contributed by atoms with Crippen LogP contribution >= 0.6 is 0 Å². The Labute approximate surface area is 180 Å². The summed E-state index contributed by atoms with van der Waals surface area (Å²) in [5.41, 5.74) is -5.23. The van der Waals surface area contributed by atoms with Gasteiger partial charge in [0.25, 0.3) is 0 Å². The summed E-state index contributed by atoms with van der Waals surface area (Å²) in [6.45, 7) is 8.00. The lowest BCUT2D eigenvalue weighted by Crippen LogP contribution is -2.67. The molecule has 6 unspecified atom stereocenters. The molecule has 6 aliphatic rings. The smallest absolute Gasteiger partial charge is 0.342 e. The van der Waals surface area contributed by atoms with Crippen molar-refractivity contribution in [3.63, 3.8) is 0 Å². The summed E-state index contributed by atoms with van der Waals surface area (Å²) in [7, 11) is 2.95. The molecular formula is C22H28O9. The first-order valence-corrected chi connectivity index (χ1v) is 10.9. The normalized spacial score (nSPS) is 56.1. The number of carbonyl (C=O) groups is 3. The highest BCUT2D eigenvalue weighted by Gasteiger charge is 3.01. The van der Waals surface area contributed by atoms with E-state index in [1.165, 1.54) is 14.2 Å². The zero-order chi connectivity index (χ0) is 22.4. The summed E-state index contributed by atoms with van der Waals surface area (Å²) in [5, 5.41) is 0. The molecule has 0 bridgehead atoms. The van der Waals surface area contributed by atoms with E-state index in [4.69, 9.17) is 28.4 Å². The van der Waals surface area contributed by atoms with Gasteiger partial charge in [-0.15, -0.1) is 0 Å². The first kappa shape index (κ1) is 19.9. The minimum Gasteiger partial charge on any atom is -0.459 e. The Morgan fingerprint density at radius 1 is 1.00 bits per heavy atom. The Hall–Kier alpha value is -1.71. The molecule has 2 saturated carbocycles. The maximum Gasteiger partial charge on any atom is 0.342 e. The lowest BCUT2D eigenvalue weighted by molar-refractivity contribution is -0.244. The zero-order valence-electron chi connectivity index (χ0n) is 18.6. The van der Waals surface area contributed by atoms with Gasteiger partial charge < -0.3 is 28.4 Å². The number of rotatable bonds is 2. The van der Waals surface area contributed by atoms with Gasteiger partial charge in [-0.1, -0.05) is 20.8 Å². The van der Waals surface area contributed by atoms with Gasteiger partial charge in [0, 0.05) is 20.6 Å². The Balaban J connectivity index is 1.70. The largest absolute Gasteiger partial charge is 0.459 e. The molecule has 4 heterocycles. The molecule has 4 aliphatic heterocycles. The maximum absolute atomic E-state index is 13.7. The highest BCUT2D eigenvalue weighted by molar-refractivity contribution is 5.93. The predicted octanol–water partition coefficient (Wildman–Crippen LogP) is 0.968. The Kier molecular flexibility index (Phi) is 3.38. The molecule has 6 rings (SSSR count). The zero-order valence-corrected chi connectivity index (χ0v) is 18.6. The number of esters is 3. The van der Waals surface area contributed by atoms with Crippen molar-refractivity contribution in [2.75, 3.05) is 14.2 Å². The van der Waals surface area contributed by atoms with Crippen molar-refractivity contribution >= 4 is 17.9 Å². The van der Waals surface area contributed by atoms with Crippen molar-refractivity contribution in [2.24, 2.45) is 28.1 Å². The fourth-order valence-corrected chi connectivity index (χ4v) is 8.75. The van der Waals surface area contributed by atoms with Gasteiger partial charge in [-0.3, -0.25) is 4.79 Å². The van der Waals surface area contributed by atoms with Crippen molar-refractivity contribution in [3.8, 4) is 0 Å². The van der Waals surface area contributed by atoms with Crippen LogP contribution in [-0.2, 0) is 42.8 Å². The van der Waals surface area contributed by atoms with E-state index in [1.54, 1.807) is 6.92 Å². The predicted molar refractivity (Wildman–Crippen MR) is 100 cm³/mol. The standard InChI is InChI=1S/C22H28O9/c1-9-14(23)28-12-8-19-11-7-10(18(2,3)4)20(19)13(26-5)15(24)30-17(20)31-22(19,16(25)29-11)21(9,12)27-6/h9-13,17H,7-8H2,1-6H3/t9-,10+,11?,12?,13+,17?,19?,20?,21-,22?/m1/s1. The molecule has 0 aromatic heterocycles. The molecule has 9 nitrogen and oxygen atoms in total. The van der Waals surface area contributed by atoms with Crippen LogP contribution in [0.25, 0.3) is 0 Å². The van der Waals surface area contributed by atoms with Crippen molar-refractivity contribution in [1.29, 1.82) is 0 Å². The number of ether oxygens (including phenoxy) is 6. The molecular weight excluding hydrogens is 408 g/mol. The molecule has 170 valence electrons. The van der Waals surface area contributed by atoms with Crippen LogP contribution < -0.4 is 0 Å². The van der Waals surface area contributed by atoms with Crippen LogP contribution in [-0.4, -0.2) is 67.9 Å². The first-order chi connectivity index (χ1) is 14.5. The van der Waals surface area contributed by atoms with Crippen LogP contribution in [0.3, 0.4) is 0 Å². The number of methoxy groups -OCH3 is 2. The van der Waals surface area contributed by atoms with Crippen molar-refractivity contribution in [3.05, 3.63) is 0 Å². The average molecular weight is 436 g/mol. The number of hydrogen-bond acceptors (Lipinski definition) is 9. The third-order valence-electron chi connectivity index (χ3n) is 9.47. The molecule has 4 saturated heterocycles. The molecule has 0 N–H and O–H groups in total. The van der Waals surface area contributed by atoms with E-state index in [2.05, 4.69) is 20.8 Å². The molecule has 6 fully saturated rings. The number of fused-ring (bicyclic) bond motifs is 1. The van der Waals surface area contributed by atoms with Gasteiger partial charge >= 0.3 is 17.9 Å². The lowest BCUT2D eigenvalue weighted by Gasteiger charge is -2.47. The molecule has 0 radical (unpaired) electrons. The number of carbonyl (C=O) groups excluding carboxylic acids is 3. The fraction of sp³-hybridized carbons (Fsp3) is 0.864. The topological polar surface area (TPSA) is 107 Å². The molecule has 2 spiro atoms. The second-order valence-electron chi connectivity index (χ2n) is 11.0. The average Bonchev–Trinajstić information content (AvgIpc) is 3.39. The molecule has 2 aliphatic carbocycles. The van der Waals surface area contributed by atoms with Crippen LogP contribution in [0.15, 0.2) is 0 Å². The molecule has 0 aromatic carbocycles. The summed E-state index contributed by atoms with van der Waals surface area (Å²) in [4.78, 5) is 39.3. The summed E-state index contributed by atoms with van der Waals surface area (Å²) >= 11 is 0. The highest BCUT2D eigenvalue weighted by atomic mass is 16.8. The van der Waals surface area contributed by atoms with Crippen molar-refractivity contribution in [1.82, 2.24) is 0 Å². The Bertz CT molecular complexity index is 924. The van der Waals surface area contributed by atoms with Crippen LogP contribution in [0.2, 0.25) is 0 Å². The van der Waals surface area contributed by atoms with Crippen LogP contribution in [0.5, 0.6) is 0 Å². The van der Waals surface area contributed by atoms with Crippen molar-refractivity contribution in [2.45, 2.75) is 76.3 Å². The van der Waals surface area contributed by atoms with E-state index in [-0.39, 0.29) is 17.8 Å². The fourth-order valence-electron chi connectivity index (χ4n) is 8.75. The SMILES string of the molecule is CO[C@H]1C(=O)OC2OC34C(=O)OC5C[C@@H](C(C)(C)C)C21C53CC1OC(=O)[C@@H](C)[C@@]14OC. The van der Waals surface area contributed by atoms with Gasteiger partial charge in [0.15, 0.2) is 11.7 Å². The molecule has 0 amide bonds. The lowest BCUT2D eigenvalue weighted by atomic mass is 9.51. The summed E-state index contributed by atoms with van der Waals surface area (Å²) < 4.78 is 35.9. The van der Waals surface area contributed by atoms with E-state index >= 15 is 0 Å².